The van der Waals surface area contributed by atoms with E-state index in [-0.39, 0.29) is 11.8 Å². The molecule has 0 aliphatic heterocycles. The summed E-state index contributed by atoms with van der Waals surface area (Å²) in [4.78, 5) is 25.7. The van der Waals surface area contributed by atoms with Gasteiger partial charge in [-0.15, -0.1) is 0 Å². The third-order valence-corrected chi connectivity index (χ3v) is 5.78. The largest absolute Gasteiger partial charge is 0.481 e. The van der Waals surface area contributed by atoms with Gasteiger partial charge in [0.25, 0.3) is 11.8 Å². The second kappa shape index (κ2) is 11.0. The summed E-state index contributed by atoms with van der Waals surface area (Å²) in [5, 5.41) is 7.53. The third-order valence-electron chi connectivity index (χ3n) is 5.78. The summed E-state index contributed by atoms with van der Waals surface area (Å²) in [6.07, 6.45) is -1.38. The van der Waals surface area contributed by atoms with Gasteiger partial charge in [0.15, 0.2) is 12.2 Å². The predicted octanol–water partition coefficient (Wildman–Crippen LogP) is 6.27. The van der Waals surface area contributed by atoms with E-state index < -0.39 is 12.2 Å². The molecule has 6 heteroatoms. The lowest BCUT2D eigenvalue weighted by atomic mass is 10.1. The Balaban J connectivity index is 1.48. The number of hydrogen-bond donors (Lipinski definition) is 2. The van der Waals surface area contributed by atoms with Gasteiger partial charge in [-0.25, -0.2) is 0 Å². The summed E-state index contributed by atoms with van der Waals surface area (Å²) >= 11 is 0. The minimum Gasteiger partial charge on any atom is -0.481 e. The maximum Gasteiger partial charge on any atom is 0.265 e. The highest BCUT2D eigenvalue weighted by molar-refractivity contribution is 6.10. The molecule has 0 saturated carbocycles. The van der Waals surface area contributed by atoms with Crippen molar-refractivity contribution in [3.63, 3.8) is 0 Å². The number of aryl methyl sites for hydroxylation is 2. The van der Waals surface area contributed by atoms with E-state index in [4.69, 9.17) is 9.47 Å². The van der Waals surface area contributed by atoms with Crippen LogP contribution in [0.4, 0.5) is 11.4 Å². The highest BCUT2D eigenvalue weighted by atomic mass is 16.5. The summed E-state index contributed by atoms with van der Waals surface area (Å²) in [6.45, 7) is 7.37. The van der Waals surface area contributed by atoms with Crippen LogP contribution in [0.1, 0.15) is 25.0 Å². The first-order valence-corrected chi connectivity index (χ1v) is 11.9. The number of rotatable bonds is 8. The van der Waals surface area contributed by atoms with Gasteiger partial charge in [-0.2, -0.15) is 0 Å². The molecule has 36 heavy (non-hydrogen) atoms. The van der Waals surface area contributed by atoms with Crippen LogP contribution in [0.25, 0.3) is 10.8 Å². The number of fused-ring (bicyclic) bond motifs is 1. The van der Waals surface area contributed by atoms with E-state index in [0.29, 0.717) is 22.9 Å². The summed E-state index contributed by atoms with van der Waals surface area (Å²) in [6, 6.07) is 26.3. The zero-order valence-corrected chi connectivity index (χ0v) is 20.9. The van der Waals surface area contributed by atoms with Crippen LogP contribution in [0, 0.1) is 13.8 Å². The van der Waals surface area contributed by atoms with E-state index >= 15 is 0 Å². The van der Waals surface area contributed by atoms with Crippen LogP contribution in [0.3, 0.4) is 0 Å². The second-order valence-electron chi connectivity index (χ2n) is 8.84. The van der Waals surface area contributed by atoms with E-state index in [1.54, 1.807) is 13.8 Å². The molecule has 0 spiro atoms. The lowest BCUT2D eigenvalue weighted by Crippen LogP contribution is -2.30. The highest BCUT2D eigenvalue weighted by Gasteiger charge is 2.19. The Kier molecular flexibility index (Phi) is 7.54. The number of hydrogen-bond acceptors (Lipinski definition) is 4. The Hall–Kier alpha value is -4.32. The molecule has 0 aromatic heterocycles. The molecule has 6 nitrogen and oxygen atoms in total. The molecule has 4 aromatic carbocycles. The summed E-state index contributed by atoms with van der Waals surface area (Å²) < 4.78 is 11.6. The molecule has 0 aliphatic rings. The van der Waals surface area contributed by atoms with Gasteiger partial charge in [0.1, 0.15) is 11.5 Å². The standard InChI is InChI=1S/C30H30N2O4/c1-19-9-5-11-23(17-19)35-21(3)29(33)31-27-15-7-14-26-25(27)13-8-16-28(26)32-30(34)22(4)36-24-12-6-10-20(2)18-24/h5-18,21-22H,1-4H3,(H,31,33)(H,32,34). The van der Waals surface area contributed by atoms with E-state index in [0.717, 1.165) is 21.9 Å². The molecule has 4 aromatic rings. The van der Waals surface area contributed by atoms with Gasteiger partial charge >= 0.3 is 0 Å². The van der Waals surface area contributed by atoms with Crippen molar-refractivity contribution in [3.05, 3.63) is 96.1 Å². The number of anilines is 2. The van der Waals surface area contributed by atoms with Crippen molar-refractivity contribution >= 4 is 34.0 Å². The van der Waals surface area contributed by atoms with Crippen LogP contribution in [0.2, 0.25) is 0 Å². The molecule has 2 unspecified atom stereocenters. The van der Waals surface area contributed by atoms with Gasteiger partial charge in [-0.1, -0.05) is 48.5 Å². The van der Waals surface area contributed by atoms with Crippen molar-refractivity contribution in [1.29, 1.82) is 0 Å². The third kappa shape index (κ3) is 6.02. The maximum atomic E-state index is 12.9. The smallest absolute Gasteiger partial charge is 0.265 e. The Morgan fingerprint density at radius 1 is 0.611 bits per heavy atom. The van der Waals surface area contributed by atoms with Gasteiger partial charge in [0.2, 0.25) is 0 Å². The van der Waals surface area contributed by atoms with Crippen molar-refractivity contribution < 1.29 is 19.1 Å². The molecule has 0 aliphatic carbocycles. The van der Waals surface area contributed by atoms with Gasteiger partial charge in [-0.05, 0) is 75.2 Å². The molecule has 4 rings (SSSR count). The minimum atomic E-state index is -0.690. The van der Waals surface area contributed by atoms with Crippen LogP contribution in [-0.2, 0) is 9.59 Å². The summed E-state index contributed by atoms with van der Waals surface area (Å²) in [5.74, 6) is 0.752. The zero-order chi connectivity index (χ0) is 25.7. The van der Waals surface area contributed by atoms with Gasteiger partial charge < -0.3 is 20.1 Å². The number of benzene rings is 4. The maximum absolute atomic E-state index is 12.9. The first-order valence-electron chi connectivity index (χ1n) is 11.9. The van der Waals surface area contributed by atoms with Crippen molar-refractivity contribution in [2.24, 2.45) is 0 Å². The van der Waals surface area contributed by atoms with Crippen molar-refractivity contribution in [1.82, 2.24) is 0 Å². The SMILES string of the molecule is Cc1cccc(OC(C)C(=O)Nc2cccc3c(NC(=O)C(C)Oc4cccc(C)c4)cccc23)c1. The molecule has 2 atom stereocenters. The number of carbonyl (C=O) groups is 2. The molecule has 0 heterocycles. The van der Waals surface area contributed by atoms with Gasteiger partial charge in [-0.3, -0.25) is 9.59 Å². The van der Waals surface area contributed by atoms with Crippen LogP contribution in [-0.4, -0.2) is 24.0 Å². The second-order valence-corrected chi connectivity index (χ2v) is 8.84. The number of amides is 2. The Bertz CT molecular complexity index is 1290. The molecule has 0 fully saturated rings. The van der Waals surface area contributed by atoms with Crippen LogP contribution >= 0.6 is 0 Å². The molecule has 0 radical (unpaired) electrons. The fourth-order valence-electron chi connectivity index (χ4n) is 3.89. The molecule has 2 amide bonds. The van der Waals surface area contributed by atoms with E-state index in [2.05, 4.69) is 10.6 Å². The molecule has 184 valence electrons. The van der Waals surface area contributed by atoms with E-state index in [1.807, 2.05) is 98.8 Å². The topological polar surface area (TPSA) is 76.7 Å². The highest BCUT2D eigenvalue weighted by Crippen LogP contribution is 2.30. The quantitative estimate of drug-likeness (QED) is 0.310. The van der Waals surface area contributed by atoms with Gasteiger partial charge in [0, 0.05) is 22.1 Å². The predicted molar refractivity (Wildman–Crippen MR) is 144 cm³/mol. The fraction of sp³-hybridized carbons (Fsp3) is 0.200. The van der Waals surface area contributed by atoms with Crippen molar-refractivity contribution in [3.8, 4) is 11.5 Å². The van der Waals surface area contributed by atoms with Crippen molar-refractivity contribution in [2.75, 3.05) is 10.6 Å². The molecule has 2 N–H and O–H groups in total. The average Bonchev–Trinajstić information content (AvgIpc) is 2.84. The number of ether oxygens (including phenoxy) is 2. The number of carbonyl (C=O) groups excluding carboxylic acids is 2. The van der Waals surface area contributed by atoms with Crippen LogP contribution < -0.4 is 20.1 Å². The Labute approximate surface area is 211 Å². The fourth-order valence-corrected chi connectivity index (χ4v) is 3.89. The van der Waals surface area contributed by atoms with Gasteiger partial charge in [0.05, 0.1) is 0 Å². The first kappa shape index (κ1) is 24.8. The molecular weight excluding hydrogens is 452 g/mol. The lowest BCUT2D eigenvalue weighted by molar-refractivity contribution is -0.122. The van der Waals surface area contributed by atoms with Crippen LogP contribution in [0.15, 0.2) is 84.9 Å². The van der Waals surface area contributed by atoms with Crippen LogP contribution in [0.5, 0.6) is 11.5 Å². The number of nitrogens with one attached hydrogen (secondary N) is 2. The normalized spacial score (nSPS) is 12.4. The molecule has 0 saturated heterocycles. The van der Waals surface area contributed by atoms with E-state index in [1.165, 1.54) is 0 Å². The Morgan fingerprint density at radius 3 is 1.39 bits per heavy atom. The Morgan fingerprint density at radius 2 is 1.00 bits per heavy atom. The minimum absolute atomic E-state index is 0.265. The average molecular weight is 483 g/mol. The summed E-state index contributed by atoms with van der Waals surface area (Å²) in [5.41, 5.74) is 3.39. The monoisotopic (exact) mass is 482 g/mol. The van der Waals surface area contributed by atoms with E-state index in [9.17, 15) is 9.59 Å². The first-order chi connectivity index (χ1) is 17.3. The zero-order valence-electron chi connectivity index (χ0n) is 20.9. The molecule has 0 bridgehead atoms. The van der Waals surface area contributed by atoms with Crippen molar-refractivity contribution in [2.45, 2.75) is 39.9 Å². The summed E-state index contributed by atoms with van der Waals surface area (Å²) in [7, 11) is 0. The molecular formula is C30H30N2O4. The lowest BCUT2D eigenvalue weighted by Gasteiger charge is -2.18.